The molecule has 162 valence electrons. The molecule has 1 atom stereocenters. The summed E-state index contributed by atoms with van der Waals surface area (Å²) in [5, 5.41) is 3.62. The Balaban J connectivity index is 1.54. The summed E-state index contributed by atoms with van der Waals surface area (Å²) in [5.74, 6) is -0.249. The fourth-order valence-electron chi connectivity index (χ4n) is 4.35. The third-order valence-electron chi connectivity index (χ3n) is 6.00. The number of amides is 1. The van der Waals surface area contributed by atoms with Crippen molar-refractivity contribution in [1.82, 2.24) is 20.2 Å². The number of likely N-dealkylation sites (N-methyl/N-ethyl adjacent to an activating group) is 1. The van der Waals surface area contributed by atoms with Crippen molar-refractivity contribution in [3.8, 4) is 0 Å². The number of benzene rings is 1. The van der Waals surface area contributed by atoms with Crippen LogP contribution in [0, 0.1) is 5.82 Å². The summed E-state index contributed by atoms with van der Waals surface area (Å²) in [6.45, 7) is 6.81. The van der Waals surface area contributed by atoms with Crippen molar-refractivity contribution in [3.63, 3.8) is 0 Å². The second-order valence-corrected chi connectivity index (χ2v) is 8.62. The molecule has 3 aromatic rings. The molecule has 2 heterocycles. The number of aromatic amines is 1. The van der Waals surface area contributed by atoms with Crippen molar-refractivity contribution in [1.29, 1.82) is 0 Å². The number of aromatic nitrogens is 2. The summed E-state index contributed by atoms with van der Waals surface area (Å²) in [7, 11) is 0. The zero-order chi connectivity index (χ0) is 22.0. The van der Waals surface area contributed by atoms with Crippen LogP contribution in [0.4, 0.5) is 4.39 Å². The Kier molecular flexibility index (Phi) is 5.81. The van der Waals surface area contributed by atoms with Crippen LogP contribution in [0.15, 0.2) is 60.4 Å². The molecule has 2 aromatic heterocycles. The number of H-pyrrole nitrogens is 1. The van der Waals surface area contributed by atoms with Gasteiger partial charge >= 0.3 is 0 Å². The molecule has 2 N–H and O–H groups in total. The SMILES string of the molecule is CCN(C(=O)c1cc2ncccc2[nH]1)[C@@H]1C=C(NC(C)(C)c2ccc(F)cc2)CCC1. The molecule has 0 unspecified atom stereocenters. The molecule has 5 nitrogen and oxygen atoms in total. The van der Waals surface area contributed by atoms with E-state index in [9.17, 15) is 9.18 Å². The van der Waals surface area contributed by atoms with Gasteiger partial charge in [0.15, 0.2) is 0 Å². The van der Waals surface area contributed by atoms with E-state index < -0.39 is 0 Å². The van der Waals surface area contributed by atoms with Gasteiger partial charge < -0.3 is 15.2 Å². The highest BCUT2D eigenvalue weighted by atomic mass is 19.1. The molecule has 0 fully saturated rings. The molecule has 1 amide bonds. The highest BCUT2D eigenvalue weighted by molar-refractivity contribution is 5.97. The first-order chi connectivity index (χ1) is 14.9. The van der Waals surface area contributed by atoms with Crippen LogP contribution >= 0.6 is 0 Å². The van der Waals surface area contributed by atoms with Gasteiger partial charge in [-0.15, -0.1) is 0 Å². The number of nitrogens with one attached hydrogen (secondary N) is 2. The van der Waals surface area contributed by atoms with E-state index in [0.29, 0.717) is 12.2 Å². The van der Waals surface area contributed by atoms with Gasteiger partial charge in [-0.1, -0.05) is 12.1 Å². The predicted molar refractivity (Wildman–Crippen MR) is 121 cm³/mol. The lowest BCUT2D eigenvalue weighted by atomic mass is 9.91. The van der Waals surface area contributed by atoms with Crippen LogP contribution < -0.4 is 5.32 Å². The van der Waals surface area contributed by atoms with E-state index in [1.807, 2.05) is 42.2 Å². The third kappa shape index (κ3) is 4.48. The average Bonchev–Trinajstić information content (AvgIpc) is 3.19. The minimum absolute atomic E-state index is 0.0132. The molecular weight excluding hydrogens is 391 g/mol. The Hall–Kier alpha value is -3.15. The zero-order valence-electron chi connectivity index (χ0n) is 18.3. The summed E-state index contributed by atoms with van der Waals surface area (Å²) >= 11 is 0. The van der Waals surface area contributed by atoms with E-state index in [1.165, 1.54) is 12.1 Å². The van der Waals surface area contributed by atoms with Crippen LogP contribution in [0.25, 0.3) is 11.0 Å². The minimum Gasteiger partial charge on any atom is -0.380 e. The molecule has 1 aromatic carbocycles. The number of pyridine rings is 1. The number of carbonyl (C=O) groups is 1. The van der Waals surface area contributed by atoms with Crippen molar-refractivity contribution in [2.24, 2.45) is 0 Å². The molecule has 1 aliphatic carbocycles. The zero-order valence-corrected chi connectivity index (χ0v) is 18.3. The molecule has 0 bridgehead atoms. The maximum atomic E-state index is 13.3. The number of fused-ring (bicyclic) bond motifs is 1. The van der Waals surface area contributed by atoms with Gasteiger partial charge in [-0.25, -0.2) is 4.39 Å². The Morgan fingerprint density at radius 2 is 2.06 bits per heavy atom. The van der Waals surface area contributed by atoms with Crippen molar-refractivity contribution in [2.75, 3.05) is 6.54 Å². The second-order valence-electron chi connectivity index (χ2n) is 8.62. The van der Waals surface area contributed by atoms with Gasteiger partial charge in [0, 0.05) is 18.4 Å². The quantitative estimate of drug-likeness (QED) is 0.581. The van der Waals surface area contributed by atoms with Crippen LogP contribution in [-0.2, 0) is 5.54 Å². The highest BCUT2D eigenvalue weighted by Crippen LogP contribution is 2.27. The highest BCUT2D eigenvalue weighted by Gasteiger charge is 2.28. The molecule has 0 spiro atoms. The van der Waals surface area contributed by atoms with Crippen LogP contribution in [0.2, 0.25) is 0 Å². The normalized spacial score (nSPS) is 16.8. The third-order valence-corrected chi connectivity index (χ3v) is 6.00. The van der Waals surface area contributed by atoms with Gasteiger partial charge in [0.2, 0.25) is 0 Å². The summed E-state index contributed by atoms with van der Waals surface area (Å²) in [5.41, 5.74) is 4.02. The molecule has 0 saturated carbocycles. The lowest BCUT2D eigenvalue weighted by Crippen LogP contribution is -2.43. The summed E-state index contributed by atoms with van der Waals surface area (Å²) in [6, 6.07) is 12.2. The minimum atomic E-state index is -0.342. The molecule has 0 saturated heterocycles. The Labute approximate surface area is 182 Å². The first-order valence-electron chi connectivity index (χ1n) is 10.9. The topological polar surface area (TPSA) is 61.0 Å². The molecule has 0 radical (unpaired) electrons. The number of hydrogen-bond donors (Lipinski definition) is 2. The van der Waals surface area contributed by atoms with E-state index in [1.54, 1.807) is 6.20 Å². The molecule has 6 heteroatoms. The molecular formula is C25H29FN4O. The Bertz CT molecular complexity index is 1070. The monoisotopic (exact) mass is 420 g/mol. The Morgan fingerprint density at radius 1 is 1.29 bits per heavy atom. The predicted octanol–water partition coefficient (Wildman–Crippen LogP) is 5.13. The van der Waals surface area contributed by atoms with Crippen LogP contribution in [0.1, 0.15) is 56.1 Å². The summed E-state index contributed by atoms with van der Waals surface area (Å²) < 4.78 is 13.3. The maximum Gasteiger partial charge on any atom is 0.270 e. The molecule has 31 heavy (non-hydrogen) atoms. The lowest BCUT2D eigenvalue weighted by Gasteiger charge is -2.35. The van der Waals surface area contributed by atoms with Gasteiger partial charge in [0.1, 0.15) is 11.5 Å². The Morgan fingerprint density at radius 3 is 2.77 bits per heavy atom. The number of rotatable bonds is 6. The molecule has 4 rings (SSSR count). The van der Waals surface area contributed by atoms with E-state index >= 15 is 0 Å². The number of hydrogen-bond acceptors (Lipinski definition) is 3. The number of halogens is 1. The van der Waals surface area contributed by atoms with E-state index in [-0.39, 0.29) is 23.3 Å². The first-order valence-corrected chi connectivity index (χ1v) is 10.9. The van der Waals surface area contributed by atoms with E-state index in [0.717, 1.165) is 41.6 Å². The van der Waals surface area contributed by atoms with E-state index in [4.69, 9.17) is 0 Å². The van der Waals surface area contributed by atoms with Crippen molar-refractivity contribution >= 4 is 16.9 Å². The number of carbonyl (C=O) groups excluding carboxylic acids is 1. The summed E-state index contributed by atoms with van der Waals surface area (Å²) in [6.07, 6.45) is 6.77. The van der Waals surface area contributed by atoms with Crippen LogP contribution in [-0.4, -0.2) is 33.4 Å². The molecule has 1 aliphatic rings. The van der Waals surface area contributed by atoms with Gasteiger partial charge in [0.05, 0.1) is 22.6 Å². The van der Waals surface area contributed by atoms with Gasteiger partial charge in [-0.3, -0.25) is 9.78 Å². The maximum absolute atomic E-state index is 13.3. The van der Waals surface area contributed by atoms with Gasteiger partial charge in [0.25, 0.3) is 5.91 Å². The first kappa shape index (κ1) is 21.1. The van der Waals surface area contributed by atoms with Gasteiger partial charge in [-0.2, -0.15) is 0 Å². The number of nitrogens with zero attached hydrogens (tertiary/aromatic N) is 2. The largest absolute Gasteiger partial charge is 0.380 e. The van der Waals surface area contributed by atoms with Crippen LogP contribution in [0.5, 0.6) is 0 Å². The second kappa shape index (κ2) is 8.53. The van der Waals surface area contributed by atoms with Gasteiger partial charge in [-0.05, 0) is 82.0 Å². The number of allylic oxidation sites excluding steroid dienone is 1. The summed E-state index contributed by atoms with van der Waals surface area (Å²) in [4.78, 5) is 22.7. The standard InChI is InChI=1S/C25H29FN4O/c1-4-30(24(31)23-16-22-21(28-23)9-6-14-27-22)20-8-5-7-19(15-20)29-25(2,3)17-10-12-18(26)13-11-17/h6,9-16,20,28-29H,4-5,7-8H2,1-3H3/t20-/m0/s1. The van der Waals surface area contributed by atoms with Crippen molar-refractivity contribution in [3.05, 3.63) is 77.5 Å². The average molecular weight is 421 g/mol. The van der Waals surface area contributed by atoms with E-state index in [2.05, 4.69) is 35.2 Å². The molecule has 0 aliphatic heterocycles. The fourth-order valence-corrected chi connectivity index (χ4v) is 4.35. The smallest absolute Gasteiger partial charge is 0.270 e. The van der Waals surface area contributed by atoms with Crippen molar-refractivity contribution < 1.29 is 9.18 Å². The fraction of sp³-hybridized carbons (Fsp3) is 0.360. The lowest BCUT2D eigenvalue weighted by molar-refractivity contribution is 0.0705. The van der Waals surface area contributed by atoms with Crippen molar-refractivity contribution in [2.45, 2.75) is 51.6 Å². The van der Waals surface area contributed by atoms with Crippen LogP contribution in [0.3, 0.4) is 0 Å².